The van der Waals surface area contributed by atoms with Crippen LogP contribution >= 0.6 is 0 Å². The lowest BCUT2D eigenvalue weighted by molar-refractivity contribution is 1.21. The van der Waals surface area contributed by atoms with Gasteiger partial charge in [0, 0.05) is 0 Å². The zero-order valence-electron chi connectivity index (χ0n) is 14.7. The average molecular weight is 343 g/mol. The van der Waals surface area contributed by atoms with E-state index in [2.05, 4.69) is 91.5 Å². The summed E-state index contributed by atoms with van der Waals surface area (Å²) in [6, 6.07) is 31.4. The first kappa shape index (κ1) is 21.2. The molecule has 3 rings (SSSR count). The van der Waals surface area contributed by atoms with Crippen LogP contribution in [0.3, 0.4) is 0 Å². The quantitative estimate of drug-likeness (QED) is 0.420. The molecular formula is C26H30. The Kier molecular flexibility index (Phi) is 10.9. The first-order chi connectivity index (χ1) is 12.4. The molecule has 0 heteroatoms. The molecule has 0 aromatic heterocycles. The van der Waals surface area contributed by atoms with E-state index in [1.165, 1.54) is 16.7 Å². The van der Waals surface area contributed by atoms with E-state index in [4.69, 9.17) is 0 Å². The molecule has 134 valence electrons. The standard InChI is InChI=1S/C16H16.C9H10.CH4/c1-3-9-15(10-4-1)13-7-8-14-16-11-5-2-6-12-16;1-2-6-9-7-4-3-5-8-9;/h1-12H,13-14H2;2-5,7-8H,1,6H2;1H4. The highest BCUT2D eigenvalue weighted by Crippen LogP contribution is 2.03. The number of benzene rings is 3. The van der Waals surface area contributed by atoms with Crippen molar-refractivity contribution in [2.45, 2.75) is 26.7 Å². The van der Waals surface area contributed by atoms with Gasteiger partial charge in [0.1, 0.15) is 0 Å². The molecule has 0 radical (unpaired) electrons. The largest absolute Gasteiger partial charge is 0.103 e. The van der Waals surface area contributed by atoms with E-state index >= 15 is 0 Å². The van der Waals surface area contributed by atoms with Crippen LogP contribution in [-0.2, 0) is 19.3 Å². The first-order valence-corrected chi connectivity index (χ1v) is 8.76. The maximum absolute atomic E-state index is 3.66. The van der Waals surface area contributed by atoms with Crippen LogP contribution in [-0.4, -0.2) is 0 Å². The SMILES string of the molecule is C.C(=CCc1ccccc1)Cc1ccccc1.C=CCc1ccccc1. The second-order valence-electron chi connectivity index (χ2n) is 5.83. The topological polar surface area (TPSA) is 0 Å². The van der Waals surface area contributed by atoms with Crippen molar-refractivity contribution in [3.05, 3.63) is 132 Å². The lowest BCUT2D eigenvalue weighted by Crippen LogP contribution is -1.81. The summed E-state index contributed by atoms with van der Waals surface area (Å²) in [6.45, 7) is 3.66. The summed E-state index contributed by atoms with van der Waals surface area (Å²) in [4.78, 5) is 0. The van der Waals surface area contributed by atoms with Crippen molar-refractivity contribution >= 4 is 0 Å². The number of allylic oxidation sites excluding steroid dienone is 3. The molecule has 0 N–H and O–H groups in total. The molecule has 0 saturated carbocycles. The van der Waals surface area contributed by atoms with Crippen molar-refractivity contribution in [1.29, 1.82) is 0 Å². The van der Waals surface area contributed by atoms with Crippen LogP contribution in [0.1, 0.15) is 24.1 Å². The van der Waals surface area contributed by atoms with Gasteiger partial charge in [-0.25, -0.2) is 0 Å². The summed E-state index contributed by atoms with van der Waals surface area (Å²) >= 11 is 0. The molecular weight excluding hydrogens is 312 g/mol. The first-order valence-electron chi connectivity index (χ1n) is 8.76. The molecule has 0 atom stereocenters. The Bertz CT molecular complexity index is 681. The molecule has 0 fully saturated rings. The fourth-order valence-corrected chi connectivity index (χ4v) is 2.45. The summed E-state index contributed by atoms with van der Waals surface area (Å²) in [5.41, 5.74) is 4.06. The Morgan fingerprint density at radius 1 is 0.500 bits per heavy atom. The van der Waals surface area contributed by atoms with E-state index in [1.54, 1.807) is 0 Å². The van der Waals surface area contributed by atoms with Crippen LogP contribution < -0.4 is 0 Å². The Balaban J connectivity index is 0.000000290. The van der Waals surface area contributed by atoms with Crippen molar-refractivity contribution in [2.75, 3.05) is 0 Å². The second-order valence-corrected chi connectivity index (χ2v) is 5.83. The van der Waals surface area contributed by atoms with Crippen molar-refractivity contribution in [3.63, 3.8) is 0 Å². The lowest BCUT2D eigenvalue weighted by atomic mass is 10.1. The summed E-state index contributed by atoms with van der Waals surface area (Å²) in [5.74, 6) is 0. The van der Waals surface area contributed by atoms with Gasteiger partial charge in [-0.2, -0.15) is 0 Å². The number of rotatable bonds is 6. The maximum Gasteiger partial charge on any atom is -0.00973 e. The fourth-order valence-electron chi connectivity index (χ4n) is 2.45. The number of hydrogen-bond donors (Lipinski definition) is 0. The summed E-state index contributed by atoms with van der Waals surface area (Å²) in [6.07, 6.45) is 9.40. The smallest absolute Gasteiger partial charge is 0.00973 e. The third kappa shape index (κ3) is 8.84. The van der Waals surface area contributed by atoms with Crippen molar-refractivity contribution in [2.24, 2.45) is 0 Å². The van der Waals surface area contributed by atoms with E-state index in [0.29, 0.717) is 0 Å². The zero-order valence-corrected chi connectivity index (χ0v) is 14.7. The van der Waals surface area contributed by atoms with Crippen LogP contribution in [0, 0.1) is 0 Å². The molecule has 26 heavy (non-hydrogen) atoms. The molecule has 0 aliphatic heterocycles. The van der Waals surface area contributed by atoms with Gasteiger partial charge in [-0.1, -0.05) is 117 Å². The molecule has 0 bridgehead atoms. The molecule has 0 unspecified atom stereocenters. The summed E-state index contributed by atoms with van der Waals surface area (Å²) in [5, 5.41) is 0. The Morgan fingerprint density at radius 2 is 0.808 bits per heavy atom. The van der Waals surface area contributed by atoms with Crippen molar-refractivity contribution in [1.82, 2.24) is 0 Å². The molecule has 0 amide bonds. The highest BCUT2D eigenvalue weighted by molar-refractivity contribution is 5.20. The molecule has 0 nitrogen and oxygen atoms in total. The highest BCUT2D eigenvalue weighted by atomic mass is 13.9. The third-order valence-electron chi connectivity index (χ3n) is 3.78. The van der Waals surface area contributed by atoms with Crippen LogP contribution in [0.4, 0.5) is 0 Å². The van der Waals surface area contributed by atoms with E-state index in [9.17, 15) is 0 Å². The predicted molar refractivity (Wildman–Crippen MR) is 117 cm³/mol. The maximum atomic E-state index is 3.66. The summed E-state index contributed by atoms with van der Waals surface area (Å²) in [7, 11) is 0. The van der Waals surface area contributed by atoms with Gasteiger partial charge in [0.2, 0.25) is 0 Å². The second kappa shape index (κ2) is 13.4. The van der Waals surface area contributed by atoms with Crippen molar-refractivity contribution < 1.29 is 0 Å². The molecule has 0 aliphatic rings. The van der Waals surface area contributed by atoms with E-state index in [-0.39, 0.29) is 7.43 Å². The Labute approximate surface area is 159 Å². The predicted octanol–water partition coefficient (Wildman–Crippen LogP) is 7.08. The van der Waals surface area contributed by atoms with Crippen molar-refractivity contribution in [3.8, 4) is 0 Å². The van der Waals surface area contributed by atoms with Gasteiger partial charge in [-0.05, 0) is 36.0 Å². The Morgan fingerprint density at radius 3 is 1.12 bits per heavy atom. The van der Waals surface area contributed by atoms with Crippen LogP contribution in [0.15, 0.2) is 116 Å². The van der Waals surface area contributed by atoms with Crippen LogP contribution in [0.25, 0.3) is 0 Å². The molecule has 0 spiro atoms. The van der Waals surface area contributed by atoms with Gasteiger partial charge >= 0.3 is 0 Å². The van der Waals surface area contributed by atoms with Gasteiger partial charge in [-0.3, -0.25) is 0 Å². The monoisotopic (exact) mass is 342 g/mol. The fraction of sp³-hybridized carbons (Fsp3) is 0.154. The minimum atomic E-state index is 0. The van der Waals surface area contributed by atoms with E-state index in [1.807, 2.05) is 24.3 Å². The third-order valence-corrected chi connectivity index (χ3v) is 3.78. The summed E-state index contributed by atoms with van der Waals surface area (Å²) < 4.78 is 0. The van der Waals surface area contributed by atoms with Gasteiger partial charge in [0.25, 0.3) is 0 Å². The van der Waals surface area contributed by atoms with Crippen LogP contribution in [0.5, 0.6) is 0 Å². The normalized spacial score (nSPS) is 9.69. The van der Waals surface area contributed by atoms with Gasteiger partial charge < -0.3 is 0 Å². The van der Waals surface area contributed by atoms with Gasteiger partial charge in [-0.15, -0.1) is 6.58 Å². The minimum Gasteiger partial charge on any atom is -0.103 e. The lowest BCUT2D eigenvalue weighted by Gasteiger charge is -1.96. The van der Waals surface area contributed by atoms with E-state index < -0.39 is 0 Å². The molecule has 0 heterocycles. The average Bonchev–Trinajstić information content (AvgIpc) is 2.69. The van der Waals surface area contributed by atoms with Gasteiger partial charge in [0.05, 0.1) is 0 Å². The van der Waals surface area contributed by atoms with Gasteiger partial charge in [0.15, 0.2) is 0 Å². The molecule has 0 saturated heterocycles. The van der Waals surface area contributed by atoms with Crippen LogP contribution in [0.2, 0.25) is 0 Å². The minimum absolute atomic E-state index is 0. The molecule has 0 aliphatic carbocycles. The highest BCUT2D eigenvalue weighted by Gasteiger charge is 1.87. The Hall–Kier alpha value is -2.86. The van der Waals surface area contributed by atoms with E-state index in [0.717, 1.165) is 19.3 Å². The molecule has 3 aromatic rings. The number of hydrogen-bond acceptors (Lipinski definition) is 0. The molecule has 3 aromatic carbocycles. The zero-order chi connectivity index (χ0) is 17.6.